The zero-order valence-electron chi connectivity index (χ0n) is 14.9. The number of hydrogen-bond donors (Lipinski definition) is 1. The van der Waals surface area contributed by atoms with Crippen LogP contribution in [0.3, 0.4) is 0 Å². The Hall–Kier alpha value is -3.28. The third kappa shape index (κ3) is 5.13. The minimum absolute atomic E-state index is 0.291. The van der Waals surface area contributed by atoms with E-state index in [9.17, 15) is 18.0 Å². The highest BCUT2D eigenvalue weighted by atomic mass is 19.4. The fourth-order valence-corrected chi connectivity index (χ4v) is 2.78. The van der Waals surface area contributed by atoms with Gasteiger partial charge in [-0.25, -0.2) is 0 Å². The lowest BCUT2D eigenvalue weighted by Crippen LogP contribution is -2.22. The summed E-state index contributed by atoms with van der Waals surface area (Å²) >= 11 is 0. The molecule has 144 valence electrons. The monoisotopic (exact) mass is 385 g/mol. The van der Waals surface area contributed by atoms with Crippen molar-refractivity contribution < 1.29 is 22.7 Å². The van der Waals surface area contributed by atoms with Crippen LogP contribution in [0.1, 0.15) is 16.7 Å². The molecular formula is C22H18F3NO2. The van der Waals surface area contributed by atoms with E-state index >= 15 is 0 Å². The fourth-order valence-electron chi connectivity index (χ4n) is 2.78. The number of anilines is 1. The lowest BCUT2D eigenvalue weighted by atomic mass is 10.0. The molecule has 0 aliphatic rings. The zero-order valence-corrected chi connectivity index (χ0v) is 14.9. The second-order valence-corrected chi connectivity index (χ2v) is 6.15. The lowest BCUT2D eigenvalue weighted by molar-refractivity contribution is -0.137. The number of carbonyl (C=O) groups is 1. The van der Waals surface area contributed by atoms with E-state index < -0.39 is 24.3 Å². The maximum atomic E-state index is 13.0. The molecule has 0 aliphatic carbocycles. The van der Waals surface area contributed by atoms with Crippen molar-refractivity contribution in [1.82, 2.24) is 0 Å². The SMILES string of the molecule is O=C(COc1ccccc1Cc1ccccc1)Nc1ccccc1C(F)(F)F. The molecule has 3 nitrogen and oxygen atoms in total. The second-order valence-electron chi connectivity index (χ2n) is 6.15. The summed E-state index contributed by atoms with van der Waals surface area (Å²) in [6, 6.07) is 21.9. The topological polar surface area (TPSA) is 38.3 Å². The summed E-state index contributed by atoms with van der Waals surface area (Å²) in [6.07, 6.45) is -3.93. The summed E-state index contributed by atoms with van der Waals surface area (Å²) in [5.41, 5.74) is 0.785. The van der Waals surface area contributed by atoms with Gasteiger partial charge in [0.25, 0.3) is 5.91 Å². The Morgan fingerprint density at radius 2 is 1.50 bits per heavy atom. The standard InChI is InChI=1S/C22H18F3NO2/c23-22(24,25)18-11-5-6-12-19(18)26-21(27)15-28-20-13-7-4-10-17(20)14-16-8-2-1-3-9-16/h1-13H,14-15H2,(H,26,27). The third-order valence-corrected chi connectivity index (χ3v) is 4.08. The number of para-hydroxylation sites is 2. The highest BCUT2D eigenvalue weighted by Crippen LogP contribution is 2.34. The van der Waals surface area contributed by atoms with Crippen LogP contribution in [0, 0.1) is 0 Å². The van der Waals surface area contributed by atoms with Crippen molar-refractivity contribution in [3.05, 3.63) is 95.6 Å². The number of hydrogen-bond acceptors (Lipinski definition) is 2. The van der Waals surface area contributed by atoms with Gasteiger partial charge in [-0.15, -0.1) is 0 Å². The van der Waals surface area contributed by atoms with Gasteiger partial charge < -0.3 is 10.1 Å². The van der Waals surface area contributed by atoms with E-state index in [0.29, 0.717) is 12.2 Å². The molecule has 0 saturated heterocycles. The lowest BCUT2D eigenvalue weighted by Gasteiger charge is -2.15. The Bertz CT molecular complexity index is 940. The van der Waals surface area contributed by atoms with Gasteiger partial charge in [0.05, 0.1) is 11.3 Å². The first kappa shape index (κ1) is 19.5. The van der Waals surface area contributed by atoms with Crippen molar-refractivity contribution in [3.8, 4) is 5.75 Å². The Labute approximate surface area is 160 Å². The molecular weight excluding hydrogens is 367 g/mol. The second kappa shape index (κ2) is 8.61. The van der Waals surface area contributed by atoms with Gasteiger partial charge in [-0.3, -0.25) is 4.79 Å². The Balaban J connectivity index is 1.66. The van der Waals surface area contributed by atoms with Gasteiger partial charge in [-0.05, 0) is 29.3 Å². The molecule has 0 heterocycles. The van der Waals surface area contributed by atoms with Gasteiger partial charge in [0.2, 0.25) is 0 Å². The molecule has 3 aromatic rings. The van der Waals surface area contributed by atoms with E-state index in [1.807, 2.05) is 42.5 Å². The largest absolute Gasteiger partial charge is 0.483 e. The van der Waals surface area contributed by atoms with E-state index in [1.165, 1.54) is 18.2 Å². The first-order chi connectivity index (χ1) is 13.4. The van der Waals surface area contributed by atoms with Crippen molar-refractivity contribution in [2.75, 3.05) is 11.9 Å². The smallest absolute Gasteiger partial charge is 0.418 e. The van der Waals surface area contributed by atoms with E-state index in [-0.39, 0.29) is 5.69 Å². The molecule has 0 unspecified atom stereocenters. The Kier molecular flexibility index (Phi) is 5.99. The molecule has 0 aromatic heterocycles. The number of benzene rings is 3. The molecule has 1 N–H and O–H groups in total. The van der Waals surface area contributed by atoms with Crippen LogP contribution in [0.5, 0.6) is 5.75 Å². The maximum Gasteiger partial charge on any atom is 0.418 e. The van der Waals surface area contributed by atoms with E-state index in [0.717, 1.165) is 17.2 Å². The van der Waals surface area contributed by atoms with Crippen LogP contribution < -0.4 is 10.1 Å². The molecule has 28 heavy (non-hydrogen) atoms. The van der Waals surface area contributed by atoms with Gasteiger partial charge in [0.1, 0.15) is 5.75 Å². The molecule has 3 rings (SSSR count). The van der Waals surface area contributed by atoms with Crippen LogP contribution in [0.2, 0.25) is 0 Å². The quantitative estimate of drug-likeness (QED) is 0.624. The summed E-state index contributed by atoms with van der Waals surface area (Å²) in [5.74, 6) is -0.142. The third-order valence-electron chi connectivity index (χ3n) is 4.08. The normalized spacial score (nSPS) is 11.1. The Morgan fingerprint density at radius 1 is 0.857 bits per heavy atom. The summed E-state index contributed by atoms with van der Waals surface area (Å²) in [7, 11) is 0. The first-order valence-corrected chi connectivity index (χ1v) is 8.64. The van der Waals surface area contributed by atoms with Crippen LogP contribution in [0.15, 0.2) is 78.9 Å². The van der Waals surface area contributed by atoms with Crippen LogP contribution in [0.25, 0.3) is 0 Å². The molecule has 0 radical (unpaired) electrons. The molecule has 0 bridgehead atoms. The number of halogens is 3. The minimum Gasteiger partial charge on any atom is -0.483 e. The summed E-state index contributed by atoms with van der Waals surface area (Å²) in [5, 5.41) is 2.27. The van der Waals surface area contributed by atoms with Crippen molar-refractivity contribution in [3.63, 3.8) is 0 Å². The number of rotatable bonds is 6. The number of amides is 1. The van der Waals surface area contributed by atoms with Crippen molar-refractivity contribution in [2.24, 2.45) is 0 Å². The summed E-state index contributed by atoms with van der Waals surface area (Å²) in [4.78, 5) is 12.1. The Morgan fingerprint density at radius 3 is 2.25 bits per heavy atom. The highest BCUT2D eigenvalue weighted by molar-refractivity contribution is 5.92. The number of ether oxygens (including phenoxy) is 1. The van der Waals surface area contributed by atoms with Gasteiger partial charge in [0.15, 0.2) is 6.61 Å². The summed E-state index contributed by atoms with van der Waals surface area (Å²) < 4.78 is 44.7. The summed E-state index contributed by atoms with van der Waals surface area (Å²) in [6.45, 7) is -0.391. The number of nitrogens with one attached hydrogen (secondary N) is 1. The minimum atomic E-state index is -4.55. The maximum absolute atomic E-state index is 13.0. The van der Waals surface area contributed by atoms with Crippen molar-refractivity contribution >= 4 is 11.6 Å². The number of carbonyl (C=O) groups excluding carboxylic acids is 1. The predicted molar refractivity (Wildman–Crippen MR) is 101 cm³/mol. The van der Waals surface area contributed by atoms with Crippen LogP contribution in [-0.2, 0) is 17.4 Å². The van der Waals surface area contributed by atoms with Crippen molar-refractivity contribution in [1.29, 1.82) is 0 Å². The van der Waals surface area contributed by atoms with E-state index in [4.69, 9.17) is 4.74 Å². The van der Waals surface area contributed by atoms with Gasteiger partial charge in [-0.1, -0.05) is 60.7 Å². The van der Waals surface area contributed by atoms with E-state index in [2.05, 4.69) is 5.32 Å². The van der Waals surface area contributed by atoms with Gasteiger partial charge in [0, 0.05) is 6.42 Å². The molecule has 0 aliphatic heterocycles. The molecule has 0 fully saturated rings. The van der Waals surface area contributed by atoms with Crippen molar-refractivity contribution in [2.45, 2.75) is 12.6 Å². The molecule has 6 heteroatoms. The molecule has 3 aromatic carbocycles. The van der Waals surface area contributed by atoms with Crippen LogP contribution in [0.4, 0.5) is 18.9 Å². The highest BCUT2D eigenvalue weighted by Gasteiger charge is 2.33. The number of alkyl halides is 3. The first-order valence-electron chi connectivity index (χ1n) is 8.64. The molecule has 0 saturated carbocycles. The zero-order chi connectivity index (χ0) is 20.0. The fraction of sp³-hybridized carbons (Fsp3) is 0.136. The molecule has 0 spiro atoms. The average molecular weight is 385 g/mol. The van der Waals surface area contributed by atoms with Crippen LogP contribution >= 0.6 is 0 Å². The van der Waals surface area contributed by atoms with Gasteiger partial charge >= 0.3 is 6.18 Å². The predicted octanol–water partition coefficient (Wildman–Crippen LogP) is 5.31. The molecule has 1 amide bonds. The molecule has 0 atom stereocenters. The average Bonchev–Trinajstić information content (AvgIpc) is 2.68. The van der Waals surface area contributed by atoms with Gasteiger partial charge in [-0.2, -0.15) is 13.2 Å². The van der Waals surface area contributed by atoms with E-state index in [1.54, 1.807) is 12.1 Å². The van der Waals surface area contributed by atoms with Crippen LogP contribution in [-0.4, -0.2) is 12.5 Å².